The third-order valence-corrected chi connectivity index (χ3v) is 5.20. The zero-order valence-corrected chi connectivity index (χ0v) is 16.0. The molecule has 0 radical (unpaired) electrons. The number of amides is 2. The molecule has 2 aromatic rings. The fraction of sp³-hybridized carbons (Fsp3) is 0.118. The molecule has 128 valence electrons. The van der Waals surface area contributed by atoms with Gasteiger partial charge in [0.2, 0.25) is 11.8 Å². The van der Waals surface area contributed by atoms with E-state index < -0.39 is 5.25 Å². The summed E-state index contributed by atoms with van der Waals surface area (Å²) in [6, 6.07) is 14.2. The molecular weight excluding hydrogens is 426 g/mol. The molecule has 1 saturated heterocycles. The lowest BCUT2D eigenvalue weighted by Crippen LogP contribution is -2.28. The molecule has 5 nitrogen and oxygen atoms in total. The second kappa shape index (κ2) is 8.03. The molecule has 2 aromatic carbocycles. The Labute approximate surface area is 162 Å². The molecule has 0 spiro atoms. The highest BCUT2D eigenvalue weighted by atomic mass is 79.9. The molecule has 1 aliphatic heterocycles. The van der Waals surface area contributed by atoms with Gasteiger partial charge in [-0.1, -0.05) is 39.3 Å². The largest absolute Gasteiger partial charge is 0.326 e. The smallest absolute Gasteiger partial charge is 0.240 e. The lowest BCUT2D eigenvalue weighted by Gasteiger charge is -2.07. The Morgan fingerprint density at radius 1 is 1.20 bits per heavy atom. The first kappa shape index (κ1) is 18.0. The van der Waals surface area contributed by atoms with Crippen LogP contribution in [0.15, 0.2) is 58.0 Å². The van der Waals surface area contributed by atoms with Gasteiger partial charge in [-0.3, -0.25) is 9.59 Å². The number of carbonyl (C=O) groups is 2. The molecule has 0 bridgehead atoms. The SMILES string of the molecule is O=C(CC1SC(=Nc2ccc(Cl)cc2)NC1=O)Nc1ccc(Br)cc1. The molecule has 1 aliphatic rings. The van der Waals surface area contributed by atoms with E-state index >= 15 is 0 Å². The van der Waals surface area contributed by atoms with E-state index in [9.17, 15) is 9.59 Å². The summed E-state index contributed by atoms with van der Waals surface area (Å²) in [5.41, 5.74) is 1.37. The third kappa shape index (κ3) is 5.07. The predicted octanol–water partition coefficient (Wildman–Crippen LogP) is 4.35. The highest BCUT2D eigenvalue weighted by molar-refractivity contribution is 9.10. The number of rotatable bonds is 4. The van der Waals surface area contributed by atoms with E-state index in [1.807, 2.05) is 12.1 Å². The van der Waals surface area contributed by atoms with Crippen LogP contribution in [0.5, 0.6) is 0 Å². The average Bonchev–Trinajstić information content (AvgIpc) is 2.91. The van der Waals surface area contributed by atoms with Crippen LogP contribution >= 0.6 is 39.3 Å². The first-order valence-corrected chi connectivity index (χ1v) is 9.42. The first-order chi connectivity index (χ1) is 12.0. The predicted molar refractivity (Wildman–Crippen MR) is 105 cm³/mol. The van der Waals surface area contributed by atoms with Crippen molar-refractivity contribution in [2.75, 3.05) is 5.32 Å². The highest BCUT2D eigenvalue weighted by Gasteiger charge is 2.32. The van der Waals surface area contributed by atoms with E-state index in [0.29, 0.717) is 21.6 Å². The monoisotopic (exact) mass is 437 g/mol. The molecule has 3 rings (SSSR count). The summed E-state index contributed by atoms with van der Waals surface area (Å²) < 4.78 is 0.930. The van der Waals surface area contributed by atoms with Crippen LogP contribution in [-0.2, 0) is 9.59 Å². The van der Waals surface area contributed by atoms with Crippen molar-refractivity contribution in [3.63, 3.8) is 0 Å². The van der Waals surface area contributed by atoms with Gasteiger partial charge in [-0.15, -0.1) is 0 Å². The number of anilines is 1. The maximum Gasteiger partial charge on any atom is 0.240 e. The molecule has 2 amide bonds. The van der Waals surface area contributed by atoms with Crippen LogP contribution in [0.1, 0.15) is 6.42 Å². The summed E-state index contributed by atoms with van der Waals surface area (Å²) in [6.07, 6.45) is 0.0756. The summed E-state index contributed by atoms with van der Waals surface area (Å²) in [4.78, 5) is 28.5. The van der Waals surface area contributed by atoms with Gasteiger partial charge in [0.25, 0.3) is 0 Å². The van der Waals surface area contributed by atoms with Gasteiger partial charge in [-0.05, 0) is 48.5 Å². The number of hydrogen-bond donors (Lipinski definition) is 2. The minimum absolute atomic E-state index is 0.0756. The second-order valence-electron chi connectivity index (χ2n) is 5.25. The zero-order chi connectivity index (χ0) is 17.8. The van der Waals surface area contributed by atoms with Crippen molar-refractivity contribution < 1.29 is 9.59 Å². The lowest BCUT2D eigenvalue weighted by molar-refractivity contribution is -0.122. The van der Waals surface area contributed by atoms with Crippen LogP contribution in [0.4, 0.5) is 11.4 Å². The number of nitrogens with one attached hydrogen (secondary N) is 2. The summed E-state index contributed by atoms with van der Waals surface area (Å²) in [7, 11) is 0. The van der Waals surface area contributed by atoms with E-state index in [1.54, 1.807) is 36.4 Å². The Kier molecular flexibility index (Phi) is 5.78. The van der Waals surface area contributed by atoms with E-state index in [2.05, 4.69) is 31.6 Å². The van der Waals surface area contributed by atoms with Gasteiger partial charge in [0.15, 0.2) is 5.17 Å². The number of amidine groups is 1. The maximum atomic E-state index is 12.1. The van der Waals surface area contributed by atoms with Crippen LogP contribution in [0.25, 0.3) is 0 Å². The molecule has 1 fully saturated rings. The molecule has 0 aliphatic carbocycles. The Hall–Kier alpha value is -1.83. The maximum absolute atomic E-state index is 12.1. The van der Waals surface area contributed by atoms with Crippen molar-refractivity contribution in [3.8, 4) is 0 Å². The van der Waals surface area contributed by atoms with Crippen molar-refractivity contribution >= 4 is 67.6 Å². The minimum Gasteiger partial charge on any atom is -0.326 e. The molecule has 2 N–H and O–H groups in total. The van der Waals surface area contributed by atoms with Crippen LogP contribution < -0.4 is 10.6 Å². The molecule has 0 aromatic heterocycles. The number of benzene rings is 2. The average molecular weight is 439 g/mol. The minimum atomic E-state index is -0.499. The van der Waals surface area contributed by atoms with E-state index in [0.717, 1.165) is 4.47 Å². The Morgan fingerprint density at radius 3 is 2.56 bits per heavy atom. The molecule has 1 heterocycles. The van der Waals surface area contributed by atoms with Crippen molar-refractivity contribution in [1.29, 1.82) is 0 Å². The second-order valence-corrected chi connectivity index (χ2v) is 7.79. The van der Waals surface area contributed by atoms with Crippen molar-refractivity contribution in [1.82, 2.24) is 5.32 Å². The Morgan fingerprint density at radius 2 is 1.88 bits per heavy atom. The van der Waals surface area contributed by atoms with Crippen LogP contribution in [0, 0.1) is 0 Å². The molecule has 0 saturated carbocycles. The summed E-state index contributed by atoms with van der Waals surface area (Å²) >= 11 is 10.4. The molecular formula is C17H13BrClN3O2S. The number of nitrogens with zero attached hydrogens (tertiary/aromatic N) is 1. The van der Waals surface area contributed by atoms with E-state index in [4.69, 9.17) is 11.6 Å². The number of carbonyl (C=O) groups excluding carboxylic acids is 2. The molecule has 1 unspecified atom stereocenters. The Bertz CT molecular complexity index is 825. The summed E-state index contributed by atoms with van der Waals surface area (Å²) in [5.74, 6) is -0.439. The zero-order valence-electron chi connectivity index (χ0n) is 12.8. The lowest BCUT2D eigenvalue weighted by atomic mass is 10.2. The van der Waals surface area contributed by atoms with Gasteiger partial charge in [-0.2, -0.15) is 0 Å². The highest BCUT2D eigenvalue weighted by Crippen LogP contribution is 2.26. The van der Waals surface area contributed by atoms with Crippen LogP contribution in [0.3, 0.4) is 0 Å². The molecule has 25 heavy (non-hydrogen) atoms. The van der Waals surface area contributed by atoms with Gasteiger partial charge in [0, 0.05) is 21.6 Å². The third-order valence-electron chi connectivity index (χ3n) is 3.33. The van der Waals surface area contributed by atoms with Gasteiger partial charge in [0.1, 0.15) is 5.25 Å². The van der Waals surface area contributed by atoms with Crippen LogP contribution in [0.2, 0.25) is 5.02 Å². The number of halogens is 2. The van der Waals surface area contributed by atoms with E-state index in [1.165, 1.54) is 11.8 Å². The number of aliphatic imine (C=N–C) groups is 1. The topological polar surface area (TPSA) is 70.6 Å². The van der Waals surface area contributed by atoms with Gasteiger partial charge < -0.3 is 10.6 Å². The van der Waals surface area contributed by atoms with Gasteiger partial charge >= 0.3 is 0 Å². The van der Waals surface area contributed by atoms with Gasteiger partial charge in [-0.25, -0.2) is 4.99 Å². The van der Waals surface area contributed by atoms with Crippen molar-refractivity contribution in [2.45, 2.75) is 11.7 Å². The van der Waals surface area contributed by atoms with E-state index in [-0.39, 0.29) is 18.2 Å². The van der Waals surface area contributed by atoms with Crippen molar-refractivity contribution in [3.05, 3.63) is 58.0 Å². The standard InChI is InChI=1S/C17H13BrClN3O2S/c18-10-1-5-12(6-2-10)20-15(23)9-14-16(24)22-17(25-14)21-13-7-3-11(19)4-8-13/h1-8,14H,9H2,(H,20,23)(H,21,22,24). The fourth-order valence-electron chi connectivity index (χ4n) is 2.14. The Balaban J connectivity index is 1.59. The summed E-state index contributed by atoms with van der Waals surface area (Å²) in [5, 5.41) is 6.08. The molecule has 1 atom stereocenters. The number of hydrogen-bond acceptors (Lipinski definition) is 4. The van der Waals surface area contributed by atoms with Crippen molar-refractivity contribution in [2.24, 2.45) is 4.99 Å². The van der Waals surface area contributed by atoms with Gasteiger partial charge in [0.05, 0.1) is 5.69 Å². The normalized spacial score (nSPS) is 18.2. The quantitative estimate of drug-likeness (QED) is 0.745. The first-order valence-electron chi connectivity index (χ1n) is 7.37. The summed E-state index contributed by atoms with van der Waals surface area (Å²) in [6.45, 7) is 0. The fourth-order valence-corrected chi connectivity index (χ4v) is 3.52. The van der Waals surface area contributed by atoms with Crippen LogP contribution in [-0.4, -0.2) is 22.2 Å². The number of thioether (sulfide) groups is 1. The molecule has 8 heteroatoms.